The largest absolute Gasteiger partial charge is 0.497 e. The summed E-state index contributed by atoms with van der Waals surface area (Å²) in [5.41, 5.74) is 5.46. The van der Waals surface area contributed by atoms with E-state index in [4.69, 9.17) is 4.74 Å². The number of fused-ring (bicyclic) bond motifs is 1. The van der Waals surface area contributed by atoms with Crippen molar-refractivity contribution in [3.8, 4) is 5.75 Å². The molecule has 0 aliphatic carbocycles. The predicted octanol–water partition coefficient (Wildman–Crippen LogP) is 4.44. The van der Waals surface area contributed by atoms with E-state index in [0.717, 1.165) is 18.5 Å². The maximum Gasteiger partial charge on any atom is 0.253 e. The molecule has 2 aliphatic rings. The minimum atomic E-state index is -0.254. The topological polar surface area (TPSA) is 49.9 Å². The lowest BCUT2D eigenvalue weighted by atomic mass is 9.87. The average Bonchev–Trinajstić information content (AvgIpc) is 3.33. The molecule has 0 bridgehead atoms. The number of carbonyl (C=O) groups is 2. The summed E-state index contributed by atoms with van der Waals surface area (Å²) in [5.74, 6) is 0.542. The zero-order valence-electron chi connectivity index (χ0n) is 19.7. The van der Waals surface area contributed by atoms with E-state index in [-0.39, 0.29) is 23.7 Å². The highest BCUT2D eigenvalue weighted by Crippen LogP contribution is 2.36. The number of ether oxygens (including phenoxy) is 1. The molecule has 1 fully saturated rings. The fourth-order valence-corrected chi connectivity index (χ4v) is 5.21. The van der Waals surface area contributed by atoms with Crippen LogP contribution in [0.25, 0.3) is 0 Å². The molecule has 0 radical (unpaired) electrons. The predicted molar refractivity (Wildman–Crippen MR) is 132 cm³/mol. The number of rotatable bonds is 4. The van der Waals surface area contributed by atoms with E-state index in [2.05, 4.69) is 49.4 Å². The van der Waals surface area contributed by atoms with Gasteiger partial charge in [-0.25, -0.2) is 0 Å². The van der Waals surface area contributed by atoms with E-state index in [9.17, 15) is 9.59 Å². The number of benzene rings is 3. The third kappa shape index (κ3) is 4.30. The van der Waals surface area contributed by atoms with Crippen LogP contribution in [0.15, 0.2) is 72.8 Å². The molecule has 2 heterocycles. The summed E-state index contributed by atoms with van der Waals surface area (Å²) in [5, 5.41) is 0. The Balaban J connectivity index is 1.40. The zero-order valence-corrected chi connectivity index (χ0v) is 19.7. The van der Waals surface area contributed by atoms with Gasteiger partial charge in [0.2, 0.25) is 5.91 Å². The number of amides is 2. The molecular formula is C29H30N2O3. The van der Waals surface area contributed by atoms with Gasteiger partial charge in [-0.2, -0.15) is 0 Å². The van der Waals surface area contributed by atoms with E-state index < -0.39 is 0 Å². The van der Waals surface area contributed by atoms with Crippen LogP contribution < -0.4 is 4.74 Å². The van der Waals surface area contributed by atoms with Crippen LogP contribution in [0.3, 0.4) is 0 Å². The van der Waals surface area contributed by atoms with Gasteiger partial charge in [-0.15, -0.1) is 0 Å². The number of hydrogen-bond donors (Lipinski definition) is 0. The van der Waals surface area contributed by atoms with Crippen LogP contribution >= 0.6 is 0 Å². The van der Waals surface area contributed by atoms with Crippen LogP contribution in [0.4, 0.5) is 0 Å². The fourth-order valence-electron chi connectivity index (χ4n) is 5.21. The van der Waals surface area contributed by atoms with Crippen molar-refractivity contribution >= 4 is 11.8 Å². The number of aryl methyl sites for hydroxylation is 1. The second kappa shape index (κ2) is 9.34. The maximum absolute atomic E-state index is 13.8. The highest BCUT2D eigenvalue weighted by Gasteiger charge is 2.42. The standard InChI is InChI=1S/C29H30N2O3/c1-20-7-9-22(10-8-20)26-18-31(28(32)23-11-13-25(34-2)14-12-23)19-27(26)29(33)30-16-15-21-5-3-4-6-24(21)17-30/h3-14,26-27H,15-19H2,1-2H3. The zero-order chi connectivity index (χ0) is 23.7. The Morgan fingerprint density at radius 2 is 1.56 bits per heavy atom. The van der Waals surface area contributed by atoms with Crippen molar-refractivity contribution in [2.24, 2.45) is 5.92 Å². The van der Waals surface area contributed by atoms with E-state index >= 15 is 0 Å². The van der Waals surface area contributed by atoms with E-state index in [1.54, 1.807) is 31.4 Å². The summed E-state index contributed by atoms with van der Waals surface area (Å²) in [6.07, 6.45) is 0.873. The smallest absolute Gasteiger partial charge is 0.253 e. The Hall–Kier alpha value is -3.60. The van der Waals surface area contributed by atoms with E-state index in [1.165, 1.54) is 16.7 Å². The Morgan fingerprint density at radius 3 is 2.26 bits per heavy atom. The van der Waals surface area contributed by atoms with Crippen molar-refractivity contribution in [3.05, 3.63) is 101 Å². The van der Waals surface area contributed by atoms with Crippen LogP contribution in [0, 0.1) is 12.8 Å². The molecule has 2 atom stereocenters. The normalized spacial score (nSPS) is 19.6. The monoisotopic (exact) mass is 454 g/mol. The van der Waals surface area contributed by atoms with Crippen molar-refractivity contribution in [1.82, 2.24) is 9.80 Å². The van der Waals surface area contributed by atoms with Gasteiger partial charge in [0.1, 0.15) is 5.75 Å². The highest BCUT2D eigenvalue weighted by molar-refractivity contribution is 5.95. The average molecular weight is 455 g/mol. The first-order chi connectivity index (χ1) is 16.5. The summed E-state index contributed by atoms with van der Waals surface area (Å²) < 4.78 is 5.22. The first-order valence-corrected chi connectivity index (χ1v) is 11.9. The number of hydrogen-bond acceptors (Lipinski definition) is 3. The van der Waals surface area contributed by atoms with Gasteiger partial charge in [0, 0.05) is 37.7 Å². The third-order valence-corrected chi connectivity index (χ3v) is 7.21. The molecule has 3 aromatic carbocycles. The summed E-state index contributed by atoms with van der Waals surface area (Å²) >= 11 is 0. The number of methoxy groups -OCH3 is 1. The first-order valence-electron chi connectivity index (χ1n) is 11.9. The second-order valence-corrected chi connectivity index (χ2v) is 9.34. The molecule has 0 spiro atoms. The number of carbonyl (C=O) groups excluding carboxylic acids is 2. The van der Waals surface area contributed by atoms with Crippen LogP contribution in [-0.4, -0.2) is 48.4 Å². The van der Waals surface area contributed by atoms with Gasteiger partial charge in [0.15, 0.2) is 0 Å². The van der Waals surface area contributed by atoms with Gasteiger partial charge in [0.25, 0.3) is 5.91 Å². The molecule has 34 heavy (non-hydrogen) atoms. The number of likely N-dealkylation sites (tertiary alicyclic amines) is 1. The molecule has 5 rings (SSSR count). The Bertz CT molecular complexity index is 1190. The molecular weight excluding hydrogens is 424 g/mol. The Morgan fingerprint density at radius 1 is 0.853 bits per heavy atom. The van der Waals surface area contributed by atoms with Crippen molar-refractivity contribution in [1.29, 1.82) is 0 Å². The maximum atomic E-state index is 13.8. The van der Waals surface area contributed by atoms with Gasteiger partial charge in [0.05, 0.1) is 13.0 Å². The molecule has 0 aromatic heterocycles. The molecule has 0 saturated carbocycles. The number of nitrogens with zero attached hydrogens (tertiary/aromatic N) is 2. The van der Waals surface area contributed by atoms with Gasteiger partial charge in [-0.05, 0) is 54.3 Å². The lowest BCUT2D eigenvalue weighted by Gasteiger charge is -2.32. The summed E-state index contributed by atoms with van der Waals surface area (Å²) in [6.45, 7) is 4.39. The van der Waals surface area contributed by atoms with Gasteiger partial charge in [-0.1, -0.05) is 54.1 Å². The van der Waals surface area contributed by atoms with Crippen molar-refractivity contribution < 1.29 is 14.3 Å². The van der Waals surface area contributed by atoms with Crippen LogP contribution in [0.1, 0.15) is 38.5 Å². The van der Waals surface area contributed by atoms with E-state index in [1.807, 2.05) is 15.9 Å². The Kier molecular flexibility index (Phi) is 6.10. The molecule has 3 aromatic rings. The quantitative estimate of drug-likeness (QED) is 0.586. The van der Waals surface area contributed by atoms with Crippen LogP contribution in [0.5, 0.6) is 5.75 Å². The minimum absolute atomic E-state index is 0.0209. The Labute approximate surface area is 201 Å². The molecule has 1 saturated heterocycles. The lowest BCUT2D eigenvalue weighted by molar-refractivity contribution is -0.136. The highest BCUT2D eigenvalue weighted by atomic mass is 16.5. The SMILES string of the molecule is COc1ccc(C(=O)N2CC(C(=O)N3CCc4ccccc4C3)C(c3ccc(C)cc3)C2)cc1. The van der Waals surface area contributed by atoms with Crippen LogP contribution in [-0.2, 0) is 17.8 Å². The molecule has 2 amide bonds. The molecule has 2 aliphatic heterocycles. The molecule has 5 heteroatoms. The first kappa shape index (κ1) is 22.2. The van der Waals surface area contributed by atoms with Gasteiger partial charge >= 0.3 is 0 Å². The molecule has 0 N–H and O–H groups in total. The molecule has 174 valence electrons. The van der Waals surface area contributed by atoms with Gasteiger partial charge < -0.3 is 14.5 Å². The summed E-state index contributed by atoms with van der Waals surface area (Å²) in [7, 11) is 1.61. The van der Waals surface area contributed by atoms with Crippen molar-refractivity contribution in [3.63, 3.8) is 0 Å². The van der Waals surface area contributed by atoms with Crippen molar-refractivity contribution in [2.45, 2.75) is 25.8 Å². The lowest BCUT2D eigenvalue weighted by Crippen LogP contribution is -2.42. The van der Waals surface area contributed by atoms with Crippen molar-refractivity contribution in [2.75, 3.05) is 26.7 Å². The van der Waals surface area contributed by atoms with Crippen LogP contribution in [0.2, 0.25) is 0 Å². The minimum Gasteiger partial charge on any atom is -0.497 e. The second-order valence-electron chi connectivity index (χ2n) is 9.34. The molecule has 5 nitrogen and oxygen atoms in total. The molecule has 2 unspecified atom stereocenters. The summed E-state index contributed by atoms with van der Waals surface area (Å²) in [6, 6.07) is 23.9. The van der Waals surface area contributed by atoms with E-state index in [0.29, 0.717) is 30.9 Å². The fraction of sp³-hybridized carbons (Fsp3) is 0.310. The third-order valence-electron chi connectivity index (χ3n) is 7.21. The summed E-state index contributed by atoms with van der Waals surface area (Å²) in [4.78, 5) is 31.0. The van der Waals surface area contributed by atoms with Gasteiger partial charge in [-0.3, -0.25) is 9.59 Å².